The molecule has 0 aromatic heterocycles. The van der Waals surface area contributed by atoms with Crippen LogP contribution in [0.5, 0.6) is 0 Å². The largest absolute Gasteiger partial charge is 0.496 e. The van der Waals surface area contributed by atoms with Crippen molar-refractivity contribution < 1.29 is 18.8 Å². The highest BCUT2D eigenvalue weighted by Crippen LogP contribution is 2.37. The zero-order valence-corrected chi connectivity index (χ0v) is 17.5. The van der Waals surface area contributed by atoms with E-state index in [1.165, 1.54) is 0 Å². The van der Waals surface area contributed by atoms with E-state index in [9.17, 15) is 4.79 Å². The molecule has 1 aromatic rings. The lowest BCUT2D eigenvalue weighted by Crippen LogP contribution is -2.41. The first-order valence-corrected chi connectivity index (χ1v) is 9.29. The molecular formula is C19H29BClNO4. The van der Waals surface area contributed by atoms with Crippen LogP contribution in [0.1, 0.15) is 54.0 Å². The summed E-state index contributed by atoms with van der Waals surface area (Å²) in [4.78, 5) is 11.7. The highest BCUT2D eigenvalue weighted by Gasteiger charge is 2.52. The second kappa shape index (κ2) is 7.41. The van der Waals surface area contributed by atoms with Crippen molar-refractivity contribution in [3.8, 4) is 0 Å². The van der Waals surface area contributed by atoms with Crippen LogP contribution in [0.4, 0.5) is 4.79 Å². The van der Waals surface area contributed by atoms with Gasteiger partial charge in [0.1, 0.15) is 5.60 Å². The van der Waals surface area contributed by atoms with E-state index in [0.29, 0.717) is 18.0 Å². The molecule has 0 spiro atoms. The third kappa shape index (κ3) is 5.15. The first kappa shape index (κ1) is 21.1. The summed E-state index contributed by atoms with van der Waals surface area (Å²) in [5.74, 6) is 0. The standard InChI is InChI=1S/C19H29BClNO4/c1-17(2,3)24-16(23)22-11-10-13-8-9-14(15(21)12-13)20-25-18(4,5)19(6,7)26-20/h8-9,12H,10-11H2,1-7H3,(H,22,23). The Morgan fingerprint density at radius 3 is 2.27 bits per heavy atom. The highest BCUT2D eigenvalue weighted by atomic mass is 35.5. The van der Waals surface area contributed by atoms with Crippen molar-refractivity contribution >= 4 is 30.3 Å². The Labute approximate surface area is 161 Å². The average Bonchev–Trinajstić information content (AvgIpc) is 2.65. The van der Waals surface area contributed by atoms with Gasteiger partial charge in [0, 0.05) is 17.0 Å². The summed E-state index contributed by atoms with van der Waals surface area (Å²) >= 11 is 6.45. The zero-order valence-electron chi connectivity index (χ0n) is 16.7. The molecule has 1 aliphatic rings. The fraction of sp³-hybridized carbons (Fsp3) is 0.632. The minimum absolute atomic E-state index is 0.406. The first-order chi connectivity index (χ1) is 11.8. The monoisotopic (exact) mass is 381 g/mol. The van der Waals surface area contributed by atoms with E-state index in [-0.39, 0.29) is 0 Å². The fourth-order valence-corrected chi connectivity index (χ4v) is 2.80. The van der Waals surface area contributed by atoms with Gasteiger partial charge in [0.2, 0.25) is 0 Å². The van der Waals surface area contributed by atoms with Gasteiger partial charge in [-0.1, -0.05) is 23.7 Å². The Kier molecular flexibility index (Phi) is 6.01. The molecular weight excluding hydrogens is 352 g/mol. The average molecular weight is 382 g/mol. The van der Waals surface area contributed by atoms with Crippen LogP contribution in [0.25, 0.3) is 0 Å². The third-order valence-corrected chi connectivity index (χ3v) is 4.98. The van der Waals surface area contributed by atoms with E-state index in [4.69, 9.17) is 25.6 Å². The Morgan fingerprint density at radius 1 is 1.19 bits per heavy atom. The smallest absolute Gasteiger partial charge is 0.444 e. The molecule has 26 heavy (non-hydrogen) atoms. The molecule has 1 amide bonds. The number of hydrogen-bond donors (Lipinski definition) is 1. The summed E-state index contributed by atoms with van der Waals surface area (Å²) < 4.78 is 17.3. The van der Waals surface area contributed by atoms with E-state index in [2.05, 4.69) is 5.32 Å². The lowest BCUT2D eigenvalue weighted by molar-refractivity contribution is 0.00578. The quantitative estimate of drug-likeness (QED) is 0.808. The molecule has 0 atom stereocenters. The van der Waals surface area contributed by atoms with Gasteiger partial charge in [0.05, 0.1) is 11.2 Å². The second-order valence-electron chi connectivity index (χ2n) is 8.62. The maximum Gasteiger partial charge on any atom is 0.496 e. The van der Waals surface area contributed by atoms with Gasteiger partial charge >= 0.3 is 13.2 Å². The molecule has 1 aromatic carbocycles. The van der Waals surface area contributed by atoms with Crippen molar-refractivity contribution in [1.82, 2.24) is 5.32 Å². The summed E-state index contributed by atoms with van der Waals surface area (Å²) in [5.41, 5.74) is 0.520. The van der Waals surface area contributed by atoms with Crippen molar-refractivity contribution in [1.29, 1.82) is 0 Å². The molecule has 1 aliphatic heterocycles. The molecule has 0 unspecified atom stereocenters. The molecule has 2 rings (SSSR count). The van der Waals surface area contributed by atoms with Crippen molar-refractivity contribution in [2.45, 2.75) is 71.7 Å². The number of rotatable bonds is 4. The van der Waals surface area contributed by atoms with Crippen LogP contribution < -0.4 is 10.8 Å². The number of amides is 1. The fourth-order valence-electron chi connectivity index (χ4n) is 2.51. The molecule has 0 bridgehead atoms. The number of nitrogens with one attached hydrogen (secondary N) is 1. The Balaban J connectivity index is 1.95. The van der Waals surface area contributed by atoms with Gasteiger partial charge < -0.3 is 19.4 Å². The van der Waals surface area contributed by atoms with E-state index >= 15 is 0 Å². The molecule has 1 N–H and O–H groups in total. The van der Waals surface area contributed by atoms with Gasteiger partial charge in [-0.3, -0.25) is 0 Å². The van der Waals surface area contributed by atoms with Crippen molar-refractivity contribution in [2.75, 3.05) is 6.54 Å². The molecule has 1 saturated heterocycles. The lowest BCUT2D eigenvalue weighted by Gasteiger charge is -2.32. The van der Waals surface area contributed by atoms with Crippen LogP contribution >= 0.6 is 11.6 Å². The normalized spacial score (nSPS) is 18.7. The van der Waals surface area contributed by atoms with Gasteiger partial charge in [-0.15, -0.1) is 0 Å². The summed E-state index contributed by atoms with van der Waals surface area (Å²) in [6, 6.07) is 5.79. The maximum atomic E-state index is 11.7. The second-order valence-corrected chi connectivity index (χ2v) is 9.03. The van der Waals surface area contributed by atoms with Gasteiger partial charge in [0.25, 0.3) is 0 Å². The van der Waals surface area contributed by atoms with Gasteiger partial charge in [-0.05, 0) is 66.5 Å². The number of benzene rings is 1. The summed E-state index contributed by atoms with van der Waals surface area (Å²) in [7, 11) is -0.485. The number of carbonyl (C=O) groups is 1. The van der Waals surface area contributed by atoms with Crippen LogP contribution in [-0.4, -0.2) is 36.6 Å². The van der Waals surface area contributed by atoms with Crippen LogP contribution in [0.2, 0.25) is 5.02 Å². The molecule has 5 nitrogen and oxygen atoms in total. The van der Waals surface area contributed by atoms with Crippen molar-refractivity contribution in [2.24, 2.45) is 0 Å². The Hall–Kier alpha value is -1.24. The summed E-state index contributed by atoms with van der Waals surface area (Å²) in [6.45, 7) is 14.0. The highest BCUT2D eigenvalue weighted by molar-refractivity contribution is 6.65. The molecule has 7 heteroatoms. The topological polar surface area (TPSA) is 56.8 Å². The Morgan fingerprint density at radius 2 is 1.77 bits per heavy atom. The predicted octanol–water partition coefficient (Wildman–Crippen LogP) is 3.71. The lowest BCUT2D eigenvalue weighted by atomic mass is 9.78. The van der Waals surface area contributed by atoms with E-state index in [1.54, 1.807) is 0 Å². The van der Waals surface area contributed by atoms with Crippen LogP contribution in [-0.2, 0) is 20.5 Å². The third-order valence-electron chi connectivity index (χ3n) is 4.65. The predicted molar refractivity (Wildman–Crippen MR) is 105 cm³/mol. The number of carbonyl (C=O) groups excluding carboxylic acids is 1. The van der Waals surface area contributed by atoms with Gasteiger partial charge in [-0.25, -0.2) is 4.79 Å². The number of alkyl carbamates (subject to hydrolysis) is 1. The number of hydrogen-bond acceptors (Lipinski definition) is 4. The number of halogens is 1. The van der Waals surface area contributed by atoms with Crippen LogP contribution in [0, 0.1) is 0 Å². The van der Waals surface area contributed by atoms with E-state index < -0.39 is 30.0 Å². The van der Waals surface area contributed by atoms with Crippen molar-refractivity contribution in [3.63, 3.8) is 0 Å². The van der Waals surface area contributed by atoms with Crippen LogP contribution in [0.3, 0.4) is 0 Å². The number of ether oxygens (including phenoxy) is 1. The molecule has 0 aliphatic carbocycles. The molecule has 0 saturated carbocycles. The minimum Gasteiger partial charge on any atom is -0.444 e. The molecule has 1 heterocycles. The van der Waals surface area contributed by atoms with E-state index in [0.717, 1.165) is 11.0 Å². The van der Waals surface area contributed by atoms with E-state index in [1.807, 2.05) is 66.7 Å². The first-order valence-electron chi connectivity index (χ1n) is 8.91. The van der Waals surface area contributed by atoms with Gasteiger partial charge in [0.15, 0.2) is 0 Å². The van der Waals surface area contributed by atoms with Crippen molar-refractivity contribution in [3.05, 3.63) is 28.8 Å². The van der Waals surface area contributed by atoms with Gasteiger partial charge in [-0.2, -0.15) is 0 Å². The maximum absolute atomic E-state index is 11.7. The summed E-state index contributed by atoms with van der Waals surface area (Å²) in [6.07, 6.45) is 0.236. The SMILES string of the molecule is CC(C)(C)OC(=O)NCCc1ccc(B2OC(C)(C)C(C)(C)O2)c(Cl)c1. The van der Waals surface area contributed by atoms with Crippen LogP contribution in [0.15, 0.2) is 18.2 Å². The minimum atomic E-state index is -0.502. The molecule has 144 valence electrons. The zero-order chi connectivity index (χ0) is 19.8. The molecule has 1 fully saturated rings. The Bertz CT molecular complexity index is 654. The summed E-state index contributed by atoms with van der Waals surface area (Å²) in [5, 5.41) is 3.34. The molecule has 0 radical (unpaired) electrons.